The number of nitrogens with zero attached hydrogens (tertiary/aromatic N) is 2. The van der Waals surface area contributed by atoms with E-state index in [2.05, 4.69) is 9.71 Å². The predicted molar refractivity (Wildman–Crippen MR) is 160 cm³/mol. The topological polar surface area (TPSA) is 157 Å². The second kappa shape index (κ2) is 14.5. The fourth-order valence-electron chi connectivity index (χ4n) is 5.15. The fourth-order valence-corrected chi connectivity index (χ4v) is 6.42. The van der Waals surface area contributed by atoms with Gasteiger partial charge in [-0.2, -0.15) is 4.72 Å². The summed E-state index contributed by atoms with van der Waals surface area (Å²) in [4.78, 5) is 30.9. The van der Waals surface area contributed by atoms with Gasteiger partial charge >= 0.3 is 5.97 Å². The molecule has 1 atom stereocenters. The molecule has 1 fully saturated rings. The molecule has 0 aromatic heterocycles. The Morgan fingerprint density at radius 2 is 1.73 bits per heavy atom. The first-order chi connectivity index (χ1) is 19.4. The van der Waals surface area contributed by atoms with Crippen LogP contribution in [-0.4, -0.2) is 63.9 Å². The number of esters is 1. The van der Waals surface area contributed by atoms with Gasteiger partial charge in [-0.25, -0.2) is 8.42 Å². The molecule has 1 aliphatic heterocycles. The minimum absolute atomic E-state index is 0.0553. The zero-order valence-electron chi connectivity index (χ0n) is 24.2. The van der Waals surface area contributed by atoms with Gasteiger partial charge in [-0.3, -0.25) is 14.6 Å². The normalized spacial score (nSPS) is 15.2. The van der Waals surface area contributed by atoms with Crippen LogP contribution in [0.2, 0.25) is 0 Å². The van der Waals surface area contributed by atoms with E-state index in [0.29, 0.717) is 38.3 Å². The predicted octanol–water partition coefficient (Wildman–Crippen LogP) is 2.90. The van der Waals surface area contributed by atoms with Crippen molar-refractivity contribution < 1.29 is 22.7 Å². The number of nitrogens with two attached hydrogens (primary N) is 2. The lowest BCUT2D eigenvalue weighted by atomic mass is 9.78. The number of ether oxygens (including phenoxy) is 1. The minimum atomic E-state index is -4.03. The van der Waals surface area contributed by atoms with Gasteiger partial charge in [-0.15, -0.1) is 0 Å². The number of hydrogen-bond donors (Lipinski definition) is 3. The number of hydrogen-bond acceptors (Lipinski definition) is 6. The van der Waals surface area contributed by atoms with E-state index in [1.807, 2.05) is 50.2 Å². The summed E-state index contributed by atoms with van der Waals surface area (Å²) in [6.07, 6.45) is 3.21. The Labute approximate surface area is 243 Å². The number of nitrogens with one attached hydrogen (secondary N) is 1. The summed E-state index contributed by atoms with van der Waals surface area (Å²) >= 11 is 0. The number of methoxy groups -OCH3 is 1. The molecule has 41 heavy (non-hydrogen) atoms. The zero-order chi connectivity index (χ0) is 30.0. The average molecular weight is 586 g/mol. The molecule has 1 saturated heterocycles. The lowest BCUT2D eigenvalue weighted by Gasteiger charge is -2.34. The van der Waals surface area contributed by atoms with Crippen LogP contribution in [0.25, 0.3) is 0 Å². The first-order valence-electron chi connectivity index (χ1n) is 14.0. The Morgan fingerprint density at radius 3 is 2.37 bits per heavy atom. The maximum atomic E-state index is 13.6. The van der Waals surface area contributed by atoms with Crippen LogP contribution in [0.5, 0.6) is 0 Å². The number of sulfonamides is 1. The van der Waals surface area contributed by atoms with Gasteiger partial charge in [-0.1, -0.05) is 56.3 Å². The number of piperidine rings is 1. The van der Waals surface area contributed by atoms with Crippen molar-refractivity contribution in [3.05, 3.63) is 65.7 Å². The quantitative estimate of drug-likeness (QED) is 0.141. The van der Waals surface area contributed by atoms with Gasteiger partial charge in [-0.05, 0) is 61.3 Å². The van der Waals surface area contributed by atoms with Crippen molar-refractivity contribution in [1.82, 2.24) is 9.62 Å². The maximum Gasteiger partial charge on any atom is 0.305 e. The lowest BCUT2D eigenvalue weighted by molar-refractivity contribution is -0.141. The Bertz CT molecular complexity index is 1300. The molecule has 11 heteroatoms. The third kappa shape index (κ3) is 9.02. The Morgan fingerprint density at radius 1 is 1.07 bits per heavy atom. The molecule has 2 aromatic rings. The van der Waals surface area contributed by atoms with Crippen LogP contribution in [0.15, 0.2) is 64.5 Å². The highest BCUT2D eigenvalue weighted by molar-refractivity contribution is 7.89. The van der Waals surface area contributed by atoms with Crippen LogP contribution in [0.3, 0.4) is 0 Å². The smallest absolute Gasteiger partial charge is 0.305 e. The summed E-state index contributed by atoms with van der Waals surface area (Å²) in [5, 5.41) is 0. The Hall–Kier alpha value is -3.44. The van der Waals surface area contributed by atoms with Crippen LogP contribution >= 0.6 is 0 Å². The van der Waals surface area contributed by atoms with E-state index >= 15 is 0 Å². The molecule has 0 bridgehead atoms. The summed E-state index contributed by atoms with van der Waals surface area (Å²) in [7, 11) is -2.65. The highest BCUT2D eigenvalue weighted by atomic mass is 32.2. The van der Waals surface area contributed by atoms with Crippen molar-refractivity contribution in [2.45, 2.75) is 68.7 Å². The Kier molecular flexibility index (Phi) is 11.3. The third-order valence-corrected chi connectivity index (χ3v) is 9.28. The molecule has 0 aliphatic carbocycles. The largest absolute Gasteiger partial charge is 0.469 e. The van der Waals surface area contributed by atoms with Crippen molar-refractivity contribution in [3.8, 4) is 0 Å². The van der Waals surface area contributed by atoms with Crippen molar-refractivity contribution >= 4 is 27.9 Å². The minimum Gasteiger partial charge on any atom is -0.469 e. The van der Waals surface area contributed by atoms with E-state index in [-0.39, 0.29) is 35.7 Å². The SMILES string of the molecule is COC(=O)CCC1CCN(C(=O)[C@H](CCCN=C(N)N)NS(=O)(=O)c2cccc(C(C)(C)c3ccccc3)c2)CC1. The molecule has 0 radical (unpaired) electrons. The summed E-state index contributed by atoms with van der Waals surface area (Å²) in [5.41, 5.74) is 12.3. The summed E-state index contributed by atoms with van der Waals surface area (Å²) in [5.74, 6) is -0.258. The number of rotatable bonds is 13. The van der Waals surface area contributed by atoms with Crippen molar-refractivity contribution in [3.63, 3.8) is 0 Å². The average Bonchev–Trinajstić information content (AvgIpc) is 2.97. The summed E-state index contributed by atoms with van der Waals surface area (Å²) in [6, 6.07) is 15.8. The molecule has 3 rings (SSSR count). The van der Waals surface area contributed by atoms with E-state index in [1.165, 1.54) is 7.11 Å². The molecule has 1 aliphatic rings. The van der Waals surface area contributed by atoms with Gasteiger partial charge in [0.15, 0.2) is 5.96 Å². The second-order valence-corrected chi connectivity index (χ2v) is 12.7. The van der Waals surface area contributed by atoms with Crippen LogP contribution < -0.4 is 16.2 Å². The second-order valence-electron chi connectivity index (χ2n) is 11.0. The number of carbonyl (C=O) groups excluding carboxylic acids is 2. The molecule has 224 valence electrons. The number of amides is 1. The maximum absolute atomic E-state index is 13.6. The van der Waals surface area contributed by atoms with E-state index in [4.69, 9.17) is 16.2 Å². The highest BCUT2D eigenvalue weighted by Gasteiger charge is 2.32. The van der Waals surface area contributed by atoms with Crippen LogP contribution in [0, 0.1) is 5.92 Å². The molecule has 10 nitrogen and oxygen atoms in total. The van der Waals surface area contributed by atoms with E-state index in [1.54, 1.807) is 23.1 Å². The van der Waals surface area contributed by atoms with Gasteiger partial charge in [0, 0.05) is 31.5 Å². The van der Waals surface area contributed by atoms with Crippen molar-refractivity contribution in [2.75, 3.05) is 26.7 Å². The highest BCUT2D eigenvalue weighted by Crippen LogP contribution is 2.32. The van der Waals surface area contributed by atoms with Crippen molar-refractivity contribution in [1.29, 1.82) is 0 Å². The first kappa shape index (κ1) is 32.1. The van der Waals surface area contributed by atoms with Crippen LogP contribution in [0.1, 0.15) is 63.5 Å². The van der Waals surface area contributed by atoms with E-state index in [9.17, 15) is 18.0 Å². The monoisotopic (exact) mass is 585 g/mol. The number of benzene rings is 2. The van der Waals surface area contributed by atoms with Gasteiger partial charge in [0.1, 0.15) is 6.04 Å². The van der Waals surface area contributed by atoms with Crippen LogP contribution in [0.4, 0.5) is 0 Å². The molecule has 2 aromatic carbocycles. The van der Waals surface area contributed by atoms with Gasteiger partial charge in [0.25, 0.3) is 0 Å². The number of aliphatic imine (C=N–C) groups is 1. The molecular formula is C30H43N5O5S. The van der Waals surface area contributed by atoms with Crippen LogP contribution in [-0.2, 0) is 29.8 Å². The molecule has 5 N–H and O–H groups in total. The van der Waals surface area contributed by atoms with Gasteiger partial charge < -0.3 is 21.1 Å². The zero-order valence-corrected chi connectivity index (χ0v) is 25.0. The molecule has 0 saturated carbocycles. The summed E-state index contributed by atoms with van der Waals surface area (Å²) < 4.78 is 34.7. The first-order valence-corrected chi connectivity index (χ1v) is 15.5. The lowest BCUT2D eigenvalue weighted by Crippen LogP contribution is -2.50. The molecule has 0 unspecified atom stereocenters. The molecule has 1 heterocycles. The third-order valence-electron chi connectivity index (χ3n) is 7.81. The number of guanidine groups is 1. The molecular weight excluding hydrogens is 542 g/mol. The van der Waals surface area contributed by atoms with Crippen molar-refractivity contribution in [2.24, 2.45) is 22.4 Å². The molecule has 1 amide bonds. The number of carbonyl (C=O) groups is 2. The molecule has 0 spiro atoms. The van der Waals surface area contributed by atoms with E-state index in [0.717, 1.165) is 24.0 Å². The standard InChI is InChI=1S/C30H43N5O5S/c1-30(2,23-9-5-4-6-10-23)24-11-7-12-25(21-24)41(38,39)34-26(13-8-18-33-29(31)32)28(37)35-19-16-22(17-20-35)14-15-27(36)40-3/h4-7,9-12,21-22,26,34H,8,13-20H2,1-3H3,(H4,31,32,33)/t26-/m0/s1. The van der Waals surface area contributed by atoms with Gasteiger partial charge in [0.2, 0.25) is 15.9 Å². The van der Waals surface area contributed by atoms with Gasteiger partial charge in [0.05, 0.1) is 12.0 Å². The number of likely N-dealkylation sites (tertiary alicyclic amines) is 1. The van der Waals surface area contributed by atoms with E-state index < -0.39 is 21.5 Å². The fraction of sp³-hybridized carbons (Fsp3) is 0.500. The summed E-state index contributed by atoms with van der Waals surface area (Å²) in [6.45, 7) is 5.37. The Balaban J connectivity index is 1.76.